The molecule has 0 saturated heterocycles. The van der Waals surface area contributed by atoms with Crippen molar-refractivity contribution in [1.29, 1.82) is 0 Å². The van der Waals surface area contributed by atoms with E-state index >= 15 is 0 Å². The summed E-state index contributed by atoms with van der Waals surface area (Å²) in [4.78, 5) is 15.4. The Morgan fingerprint density at radius 1 is 1.33 bits per heavy atom. The van der Waals surface area contributed by atoms with Crippen LogP contribution in [0.15, 0.2) is 47.0 Å². The second kappa shape index (κ2) is 7.67. The number of benzene rings is 1. The van der Waals surface area contributed by atoms with Gasteiger partial charge in [-0.3, -0.25) is 4.99 Å². The van der Waals surface area contributed by atoms with Crippen LogP contribution in [0.3, 0.4) is 0 Å². The highest BCUT2D eigenvalue weighted by atomic mass is 35.5. The Morgan fingerprint density at radius 2 is 2.08 bits per heavy atom. The lowest BCUT2D eigenvalue weighted by Gasteiger charge is -2.23. The van der Waals surface area contributed by atoms with Gasteiger partial charge < -0.3 is 9.84 Å². The monoisotopic (exact) mass is 347 g/mol. The summed E-state index contributed by atoms with van der Waals surface area (Å²) in [7, 11) is 0. The van der Waals surface area contributed by atoms with Crippen molar-refractivity contribution < 1.29 is 14.6 Å². The van der Waals surface area contributed by atoms with Crippen LogP contribution >= 0.6 is 11.6 Å². The number of rotatable bonds is 5. The van der Waals surface area contributed by atoms with E-state index in [1.807, 2.05) is 12.1 Å². The molecule has 0 unspecified atom stereocenters. The molecule has 1 aromatic rings. The molecular weight excluding hydrogens is 326 g/mol. The predicted octanol–water partition coefficient (Wildman–Crippen LogP) is 4.47. The van der Waals surface area contributed by atoms with Gasteiger partial charge in [0.15, 0.2) is 6.07 Å². The van der Waals surface area contributed by atoms with E-state index in [4.69, 9.17) is 21.4 Å². The minimum absolute atomic E-state index is 0.0611. The van der Waals surface area contributed by atoms with E-state index in [-0.39, 0.29) is 11.5 Å². The van der Waals surface area contributed by atoms with Gasteiger partial charge in [0, 0.05) is 12.1 Å². The molecule has 5 heteroatoms. The van der Waals surface area contributed by atoms with Crippen molar-refractivity contribution in [2.24, 2.45) is 4.99 Å². The molecule has 1 aliphatic carbocycles. The summed E-state index contributed by atoms with van der Waals surface area (Å²) in [6.07, 6.45) is 5.57. The Labute approximate surface area is 147 Å². The van der Waals surface area contributed by atoms with E-state index < -0.39 is 5.97 Å². The molecule has 0 spiro atoms. The van der Waals surface area contributed by atoms with E-state index in [1.54, 1.807) is 18.2 Å². The SMILES string of the molecule is CC(C)(C)c1cc(CN=C2C=CC(C(=O)O)=CC2)ccc1OCCl. The van der Waals surface area contributed by atoms with Gasteiger partial charge in [0.05, 0.1) is 12.1 Å². The number of hydrogen-bond donors (Lipinski definition) is 1. The van der Waals surface area contributed by atoms with E-state index in [0.717, 1.165) is 22.6 Å². The number of aliphatic imine (C=N–C) groups is 1. The summed E-state index contributed by atoms with van der Waals surface area (Å²) in [6, 6.07) is 6.12. The van der Waals surface area contributed by atoms with Gasteiger partial charge in [-0.1, -0.05) is 44.5 Å². The molecule has 0 atom stereocenters. The third kappa shape index (κ3) is 4.71. The Balaban J connectivity index is 2.15. The van der Waals surface area contributed by atoms with Crippen LogP contribution in [-0.2, 0) is 16.8 Å². The van der Waals surface area contributed by atoms with Crippen molar-refractivity contribution in [1.82, 2.24) is 0 Å². The third-order valence-corrected chi connectivity index (χ3v) is 3.87. The van der Waals surface area contributed by atoms with Crippen LogP contribution in [0.2, 0.25) is 0 Å². The first-order valence-electron chi connectivity index (χ1n) is 7.78. The van der Waals surface area contributed by atoms with Gasteiger partial charge in [-0.05, 0) is 40.8 Å². The number of ether oxygens (including phenoxy) is 1. The highest BCUT2D eigenvalue weighted by molar-refractivity contribution is 6.17. The minimum Gasteiger partial charge on any atom is -0.478 e. The minimum atomic E-state index is -0.907. The topological polar surface area (TPSA) is 58.9 Å². The summed E-state index contributed by atoms with van der Waals surface area (Å²) in [5.74, 6) is -0.115. The second-order valence-electron chi connectivity index (χ2n) is 6.64. The van der Waals surface area contributed by atoms with E-state index in [0.29, 0.717) is 18.5 Å². The molecule has 0 bridgehead atoms. The molecule has 0 aromatic heterocycles. The van der Waals surface area contributed by atoms with Crippen LogP contribution in [0.1, 0.15) is 38.3 Å². The summed E-state index contributed by atoms with van der Waals surface area (Å²) in [5.41, 5.74) is 3.29. The predicted molar refractivity (Wildman–Crippen MR) is 97.1 cm³/mol. The number of halogens is 1. The lowest BCUT2D eigenvalue weighted by molar-refractivity contribution is -0.132. The standard InChI is InChI=1S/C19H22ClNO3/c1-19(2,3)16-10-13(4-9-17(16)24-12-20)11-21-15-7-5-14(6-8-15)18(22)23/h4-7,9-10H,8,11-12H2,1-3H3,(H,22,23). The first-order valence-corrected chi connectivity index (χ1v) is 8.31. The first kappa shape index (κ1) is 18.3. The second-order valence-corrected chi connectivity index (χ2v) is 6.86. The number of alkyl halides is 1. The first-order chi connectivity index (χ1) is 11.3. The number of carbonyl (C=O) groups is 1. The molecule has 1 aliphatic rings. The van der Waals surface area contributed by atoms with Gasteiger partial charge in [0.1, 0.15) is 5.75 Å². The van der Waals surface area contributed by atoms with Crippen LogP contribution in [-0.4, -0.2) is 22.9 Å². The maximum Gasteiger partial charge on any atom is 0.335 e. The molecule has 2 rings (SSSR count). The molecule has 0 saturated carbocycles. The molecule has 0 heterocycles. The van der Waals surface area contributed by atoms with Gasteiger partial charge in [0.25, 0.3) is 0 Å². The maximum atomic E-state index is 10.9. The van der Waals surface area contributed by atoms with E-state index in [1.165, 1.54) is 0 Å². The zero-order valence-electron chi connectivity index (χ0n) is 14.2. The van der Waals surface area contributed by atoms with Crippen molar-refractivity contribution in [2.45, 2.75) is 39.2 Å². The normalized spacial score (nSPS) is 16.2. The lowest BCUT2D eigenvalue weighted by Crippen LogP contribution is -2.14. The Bertz CT molecular complexity index is 712. The van der Waals surface area contributed by atoms with Gasteiger partial charge in [-0.2, -0.15) is 0 Å². The molecule has 128 valence electrons. The van der Waals surface area contributed by atoms with Crippen LogP contribution in [0.25, 0.3) is 0 Å². The zero-order valence-corrected chi connectivity index (χ0v) is 14.9. The summed E-state index contributed by atoms with van der Waals surface area (Å²) in [6.45, 7) is 6.92. The summed E-state index contributed by atoms with van der Waals surface area (Å²) >= 11 is 5.70. The number of hydrogen-bond acceptors (Lipinski definition) is 3. The van der Waals surface area contributed by atoms with Crippen LogP contribution < -0.4 is 4.74 Å². The highest BCUT2D eigenvalue weighted by Crippen LogP contribution is 2.32. The molecule has 0 amide bonds. The molecule has 0 aliphatic heterocycles. The molecule has 1 aromatic carbocycles. The Morgan fingerprint density at radius 3 is 2.62 bits per heavy atom. The Hall–Kier alpha value is -2.07. The van der Waals surface area contributed by atoms with Crippen molar-refractivity contribution in [2.75, 3.05) is 6.07 Å². The summed E-state index contributed by atoms with van der Waals surface area (Å²) in [5, 5.41) is 8.93. The largest absolute Gasteiger partial charge is 0.478 e. The molecule has 0 radical (unpaired) electrons. The third-order valence-electron chi connectivity index (χ3n) is 3.76. The molecular formula is C19H22ClNO3. The van der Waals surface area contributed by atoms with E-state index in [9.17, 15) is 4.79 Å². The van der Waals surface area contributed by atoms with Crippen LogP contribution in [0.5, 0.6) is 5.75 Å². The number of carboxylic acids is 1. The average Bonchev–Trinajstić information content (AvgIpc) is 2.53. The van der Waals surface area contributed by atoms with Crippen molar-refractivity contribution in [3.8, 4) is 5.75 Å². The molecule has 24 heavy (non-hydrogen) atoms. The van der Waals surface area contributed by atoms with Crippen molar-refractivity contribution in [3.63, 3.8) is 0 Å². The lowest BCUT2D eigenvalue weighted by atomic mass is 9.85. The fourth-order valence-corrected chi connectivity index (χ4v) is 2.57. The van der Waals surface area contributed by atoms with Crippen molar-refractivity contribution >= 4 is 23.3 Å². The number of nitrogens with zero attached hydrogens (tertiary/aromatic N) is 1. The fourth-order valence-electron chi connectivity index (χ4n) is 2.45. The quantitative estimate of drug-likeness (QED) is 0.799. The van der Waals surface area contributed by atoms with E-state index in [2.05, 4.69) is 31.8 Å². The van der Waals surface area contributed by atoms with Gasteiger partial charge in [0.2, 0.25) is 0 Å². The number of allylic oxidation sites excluding steroid dienone is 2. The Kier molecular flexibility index (Phi) is 5.84. The average molecular weight is 348 g/mol. The number of aliphatic carboxylic acids is 1. The van der Waals surface area contributed by atoms with Gasteiger partial charge >= 0.3 is 5.97 Å². The van der Waals surface area contributed by atoms with Crippen molar-refractivity contribution in [3.05, 3.63) is 53.1 Å². The molecule has 1 N–H and O–H groups in total. The van der Waals surface area contributed by atoms with Gasteiger partial charge in [-0.25, -0.2) is 4.79 Å². The fraction of sp³-hybridized carbons (Fsp3) is 0.368. The highest BCUT2D eigenvalue weighted by Gasteiger charge is 2.19. The van der Waals surface area contributed by atoms with Crippen LogP contribution in [0, 0.1) is 0 Å². The molecule has 4 nitrogen and oxygen atoms in total. The zero-order chi connectivity index (χ0) is 17.7. The van der Waals surface area contributed by atoms with Gasteiger partial charge in [-0.15, -0.1) is 0 Å². The maximum absolute atomic E-state index is 10.9. The molecule has 0 fully saturated rings. The number of carboxylic acid groups (broad SMARTS) is 1. The smallest absolute Gasteiger partial charge is 0.335 e. The van der Waals surface area contributed by atoms with Crippen LogP contribution in [0.4, 0.5) is 0 Å². The summed E-state index contributed by atoms with van der Waals surface area (Å²) < 4.78 is 5.50.